The predicted molar refractivity (Wildman–Crippen MR) is 67.7 cm³/mol. The highest BCUT2D eigenvalue weighted by atomic mass is 35.5. The van der Waals surface area contributed by atoms with E-state index in [0.29, 0.717) is 18.0 Å². The lowest BCUT2D eigenvalue weighted by atomic mass is 10.2. The summed E-state index contributed by atoms with van der Waals surface area (Å²) in [5, 5.41) is 0.654. The van der Waals surface area contributed by atoms with E-state index < -0.39 is 10.0 Å². The van der Waals surface area contributed by atoms with Gasteiger partial charge in [0.25, 0.3) is 0 Å². The van der Waals surface area contributed by atoms with Gasteiger partial charge in [0, 0.05) is 17.4 Å². The molecule has 0 radical (unpaired) electrons. The Kier molecular flexibility index (Phi) is 5.55. The van der Waals surface area contributed by atoms with Crippen molar-refractivity contribution in [1.82, 2.24) is 4.72 Å². The molecule has 0 spiro atoms. The van der Waals surface area contributed by atoms with Crippen LogP contribution in [-0.2, 0) is 16.4 Å². The van der Waals surface area contributed by atoms with Crippen LogP contribution in [0.2, 0.25) is 5.02 Å². The molecule has 1 N–H and O–H groups in total. The maximum absolute atomic E-state index is 11.3. The van der Waals surface area contributed by atoms with Crippen LogP contribution in [0.3, 0.4) is 0 Å². The van der Waals surface area contributed by atoms with E-state index in [-0.39, 0.29) is 11.6 Å². The normalized spacial score (nSPS) is 11.6. The van der Waals surface area contributed by atoms with Gasteiger partial charge in [-0.2, -0.15) is 0 Å². The molecule has 90 valence electrons. The third-order valence-electron chi connectivity index (χ3n) is 1.97. The lowest BCUT2D eigenvalue weighted by Crippen LogP contribution is -2.28. The molecule has 0 bridgehead atoms. The van der Waals surface area contributed by atoms with Gasteiger partial charge in [-0.3, -0.25) is 0 Å². The molecule has 0 aliphatic heterocycles. The molecular formula is C10H13Cl2NO2S. The molecule has 1 aromatic rings. The van der Waals surface area contributed by atoms with E-state index in [1.54, 1.807) is 6.07 Å². The van der Waals surface area contributed by atoms with Gasteiger partial charge in [-0.25, -0.2) is 13.1 Å². The minimum absolute atomic E-state index is 0.0515. The summed E-state index contributed by atoms with van der Waals surface area (Å²) < 4.78 is 25.0. The lowest BCUT2D eigenvalue weighted by Gasteiger charge is -2.05. The number of halogens is 2. The van der Waals surface area contributed by atoms with Crippen LogP contribution in [0.25, 0.3) is 0 Å². The summed E-state index contributed by atoms with van der Waals surface area (Å²) in [6.45, 7) is 0.361. The SMILES string of the molecule is O=S(=O)(CCCl)NCCc1cccc(Cl)c1. The van der Waals surface area contributed by atoms with Gasteiger partial charge in [-0.15, -0.1) is 11.6 Å². The number of nitrogens with one attached hydrogen (secondary N) is 1. The van der Waals surface area contributed by atoms with Gasteiger partial charge in [0.1, 0.15) is 0 Å². The van der Waals surface area contributed by atoms with Crippen molar-refractivity contribution in [2.75, 3.05) is 18.2 Å². The zero-order valence-corrected chi connectivity index (χ0v) is 10.9. The molecule has 1 aromatic carbocycles. The molecule has 0 aromatic heterocycles. The number of hydrogen-bond donors (Lipinski definition) is 1. The number of alkyl halides is 1. The van der Waals surface area contributed by atoms with Crippen molar-refractivity contribution in [2.45, 2.75) is 6.42 Å². The largest absolute Gasteiger partial charge is 0.215 e. The summed E-state index contributed by atoms with van der Waals surface area (Å²) in [7, 11) is -3.23. The number of sulfonamides is 1. The van der Waals surface area contributed by atoms with Crippen LogP contribution >= 0.6 is 23.2 Å². The van der Waals surface area contributed by atoms with Gasteiger partial charge in [0.2, 0.25) is 10.0 Å². The van der Waals surface area contributed by atoms with Crippen LogP contribution in [0.5, 0.6) is 0 Å². The molecule has 6 heteroatoms. The fraction of sp³-hybridized carbons (Fsp3) is 0.400. The zero-order valence-electron chi connectivity index (χ0n) is 8.62. The second-order valence-electron chi connectivity index (χ2n) is 3.28. The quantitative estimate of drug-likeness (QED) is 0.812. The van der Waals surface area contributed by atoms with Crippen molar-refractivity contribution in [3.8, 4) is 0 Å². The molecule has 1 rings (SSSR count). The maximum Gasteiger partial charge on any atom is 0.212 e. The molecule has 0 saturated heterocycles. The molecule has 0 amide bonds. The monoisotopic (exact) mass is 281 g/mol. The average Bonchev–Trinajstić information content (AvgIpc) is 2.17. The molecule has 0 fully saturated rings. The van der Waals surface area contributed by atoms with E-state index in [1.165, 1.54) is 0 Å². The van der Waals surface area contributed by atoms with Crippen LogP contribution in [0.4, 0.5) is 0 Å². The molecule has 0 aliphatic rings. The summed E-state index contributed by atoms with van der Waals surface area (Å²) in [6.07, 6.45) is 0.613. The number of rotatable bonds is 6. The van der Waals surface area contributed by atoms with Crippen molar-refractivity contribution < 1.29 is 8.42 Å². The Labute approximate surface area is 106 Å². The Morgan fingerprint density at radius 1 is 1.31 bits per heavy atom. The average molecular weight is 282 g/mol. The third kappa shape index (κ3) is 5.16. The Balaban J connectivity index is 2.42. The molecule has 0 atom stereocenters. The highest BCUT2D eigenvalue weighted by Crippen LogP contribution is 2.10. The van der Waals surface area contributed by atoms with Crippen LogP contribution < -0.4 is 4.72 Å². The van der Waals surface area contributed by atoms with Crippen molar-refractivity contribution in [3.05, 3.63) is 34.9 Å². The van der Waals surface area contributed by atoms with Crippen LogP contribution in [-0.4, -0.2) is 26.6 Å². The molecule has 0 saturated carbocycles. The first-order valence-corrected chi connectivity index (χ1v) is 7.38. The van der Waals surface area contributed by atoms with Gasteiger partial charge in [-0.05, 0) is 24.1 Å². The summed E-state index contributed by atoms with van der Waals surface area (Å²) >= 11 is 11.2. The van der Waals surface area contributed by atoms with E-state index in [9.17, 15) is 8.42 Å². The second-order valence-corrected chi connectivity index (χ2v) is 6.02. The second kappa shape index (κ2) is 6.45. The van der Waals surface area contributed by atoms with Crippen LogP contribution in [0.15, 0.2) is 24.3 Å². The lowest BCUT2D eigenvalue weighted by molar-refractivity contribution is 0.583. The van der Waals surface area contributed by atoms with Crippen LogP contribution in [0.1, 0.15) is 5.56 Å². The zero-order chi connectivity index (χ0) is 12.0. The minimum atomic E-state index is -3.23. The topological polar surface area (TPSA) is 46.2 Å². The first-order chi connectivity index (χ1) is 7.53. The van der Waals surface area contributed by atoms with Gasteiger partial charge in [0.15, 0.2) is 0 Å². The highest BCUT2D eigenvalue weighted by molar-refractivity contribution is 7.89. The van der Waals surface area contributed by atoms with Gasteiger partial charge in [-0.1, -0.05) is 23.7 Å². The summed E-state index contributed by atoms with van der Waals surface area (Å²) in [6, 6.07) is 7.34. The Bertz CT molecular complexity index is 434. The number of benzene rings is 1. The van der Waals surface area contributed by atoms with Gasteiger partial charge in [0.05, 0.1) is 5.75 Å². The van der Waals surface area contributed by atoms with Crippen molar-refractivity contribution in [2.24, 2.45) is 0 Å². The molecule has 0 aliphatic carbocycles. The Hall–Kier alpha value is -0.290. The Morgan fingerprint density at radius 3 is 2.69 bits per heavy atom. The number of hydrogen-bond acceptors (Lipinski definition) is 2. The molecular weight excluding hydrogens is 269 g/mol. The predicted octanol–water partition coefficient (Wildman–Crippen LogP) is 2.04. The fourth-order valence-electron chi connectivity index (χ4n) is 1.22. The van der Waals surface area contributed by atoms with Crippen molar-refractivity contribution >= 4 is 33.2 Å². The summed E-state index contributed by atoms with van der Waals surface area (Å²) in [5.41, 5.74) is 1.00. The van der Waals surface area contributed by atoms with Crippen LogP contribution in [0, 0.1) is 0 Å². The standard InChI is InChI=1S/C10H13Cl2NO2S/c11-5-7-16(14,15)13-6-4-9-2-1-3-10(12)8-9/h1-3,8,13H,4-7H2. The fourth-order valence-corrected chi connectivity index (χ4v) is 2.80. The van der Waals surface area contributed by atoms with E-state index in [0.717, 1.165) is 5.56 Å². The molecule has 16 heavy (non-hydrogen) atoms. The van der Waals surface area contributed by atoms with E-state index in [1.807, 2.05) is 18.2 Å². The van der Waals surface area contributed by atoms with Gasteiger partial charge < -0.3 is 0 Å². The van der Waals surface area contributed by atoms with Gasteiger partial charge >= 0.3 is 0 Å². The maximum atomic E-state index is 11.3. The Morgan fingerprint density at radius 2 is 2.06 bits per heavy atom. The molecule has 0 heterocycles. The first-order valence-electron chi connectivity index (χ1n) is 4.81. The minimum Gasteiger partial charge on any atom is -0.215 e. The van der Waals surface area contributed by atoms with E-state index in [4.69, 9.17) is 23.2 Å². The smallest absolute Gasteiger partial charge is 0.212 e. The van der Waals surface area contributed by atoms with Crippen molar-refractivity contribution in [3.63, 3.8) is 0 Å². The summed E-state index contributed by atoms with van der Waals surface area (Å²) in [5.74, 6) is 0.0522. The van der Waals surface area contributed by atoms with E-state index in [2.05, 4.69) is 4.72 Å². The summed E-state index contributed by atoms with van der Waals surface area (Å²) in [4.78, 5) is 0. The third-order valence-corrected chi connectivity index (χ3v) is 4.00. The van der Waals surface area contributed by atoms with E-state index >= 15 is 0 Å². The first kappa shape index (κ1) is 13.8. The van der Waals surface area contributed by atoms with Crippen molar-refractivity contribution in [1.29, 1.82) is 0 Å². The highest BCUT2D eigenvalue weighted by Gasteiger charge is 2.07. The molecule has 0 unspecified atom stereocenters. The molecule has 3 nitrogen and oxygen atoms in total.